The van der Waals surface area contributed by atoms with Gasteiger partial charge in [-0.15, -0.1) is 0 Å². The van der Waals surface area contributed by atoms with E-state index in [2.05, 4.69) is 0 Å². The number of methoxy groups -OCH3 is 1. The molecule has 2 rings (SSSR count). The van der Waals surface area contributed by atoms with Crippen molar-refractivity contribution in [3.63, 3.8) is 0 Å². The van der Waals surface area contributed by atoms with E-state index >= 15 is 0 Å². The van der Waals surface area contributed by atoms with Gasteiger partial charge in [0.25, 0.3) is 10.0 Å². The van der Waals surface area contributed by atoms with Crippen molar-refractivity contribution in [2.24, 2.45) is 0 Å². The smallest absolute Gasteiger partial charge is 0.266 e. The average molecular weight is 404 g/mol. The summed E-state index contributed by atoms with van der Waals surface area (Å²) in [6, 6.07) is 11.2. The molecular weight excluding hydrogens is 385 g/mol. The fourth-order valence-corrected chi connectivity index (χ4v) is 4.49. The largest absolute Gasteiger partial charge is 0.495 e. The number of hydrogen-bond acceptors (Lipinski definition) is 4. The van der Waals surface area contributed by atoms with Crippen LogP contribution in [0.25, 0.3) is 0 Å². The fraction of sp³-hybridized carbons (Fsp3) is 0.294. The van der Waals surface area contributed by atoms with Crippen LogP contribution in [-0.2, 0) is 14.8 Å². The first-order chi connectivity index (χ1) is 11.9. The predicted octanol–water partition coefficient (Wildman–Crippen LogP) is 4.23. The van der Waals surface area contributed by atoms with Gasteiger partial charge in [-0.05, 0) is 37.3 Å². The second-order valence-corrected chi connectivity index (χ2v) is 7.70. The number of nitrogens with zero attached hydrogens (tertiary/aromatic N) is 1. The van der Waals surface area contributed by atoms with Gasteiger partial charge in [0.05, 0.1) is 31.0 Å². The van der Waals surface area contributed by atoms with E-state index in [4.69, 9.17) is 32.7 Å². The van der Waals surface area contributed by atoms with E-state index in [9.17, 15) is 8.42 Å². The molecule has 2 aromatic rings. The third-order valence-corrected chi connectivity index (χ3v) is 5.99. The Morgan fingerprint density at radius 2 is 1.84 bits per heavy atom. The normalized spacial score (nSPS) is 11.4. The second-order valence-electron chi connectivity index (χ2n) is 5.02. The third-order valence-electron chi connectivity index (χ3n) is 3.46. The number of para-hydroxylation sites is 2. The minimum absolute atomic E-state index is 0.0657. The molecule has 136 valence electrons. The Balaban J connectivity index is 2.56. The van der Waals surface area contributed by atoms with Crippen molar-refractivity contribution in [3.8, 4) is 5.75 Å². The molecule has 0 atom stereocenters. The van der Waals surface area contributed by atoms with Crippen molar-refractivity contribution in [2.75, 3.05) is 31.2 Å². The van der Waals surface area contributed by atoms with Crippen molar-refractivity contribution >= 4 is 38.9 Å². The number of anilines is 1. The van der Waals surface area contributed by atoms with Crippen LogP contribution in [0.4, 0.5) is 5.69 Å². The molecular formula is C17H19Cl2NO4S. The van der Waals surface area contributed by atoms with E-state index in [1.807, 2.05) is 6.92 Å². The first kappa shape index (κ1) is 19.8. The standard InChI is InChI=1S/C17H19Cl2NO4S/c1-3-24-11-10-20(15-6-4-5-7-16(15)23-2)25(21,22)17-12-13(18)8-9-14(17)19/h4-9,12H,3,10-11H2,1-2H3. The lowest BCUT2D eigenvalue weighted by atomic mass is 10.3. The summed E-state index contributed by atoms with van der Waals surface area (Å²) < 4.78 is 38.4. The Morgan fingerprint density at radius 1 is 1.12 bits per heavy atom. The molecule has 0 spiro atoms. The molecule has 0 aliphatic carbocycles. The third kappa shape index (κ3) is 4.58. The monoisotopic (exact) mass is 403 g/mol. The molecule has 0 fully saturated rings. The summed E-state index contributed by atoms with van der Waals surface area (Å²) in [5.74, 6) is 0.431. The van der Waals surface area contributed by atoms with Crippen molar-refractivity contribution in [1.82, 2.24) is 0 Å². The minimum Gasteiger partial charge on any atom is -0.495 e. The Morgan fingerprint density at radius 3 is 2.52 bits per heavy atom. The maximum atomic E-state index is 13.2. The van der Waals surface area contributed by atoms with E-state index in [1.165, 1.54) is 29.6 Å². The molecule has 25 heavy (non-hydrogen) atoms. The van der Waals surface area contributed by atoms with Crippen LogP contribution in [-0.4, -0.2) is 35.3 Å². The highest BCUT2D eigenvalue weighted by atomic mass is 35.5. The average Bonchev–Trinajstić information content (AvgIpc) is 2.60. The van der Waals surface area contributed by atoms with E-state index in [0.717, 1.165) is 0 Å². The number of ether oxygens (including phenoxy) is 2. The lowest BCUT2D eigenvalue weighted by Gasteiger charge is -2.26. The molecule has 0 aliphatic heterocycles. The number of hydrogen-bond donors (Lipinski definition) is 0. The van der Waals surface area contributed by atoms with Crippen molar-refractivity contribution in [2.45, 2.75) is 11.8 Å². The van der Waals surface area contributed by atoms with Gasteiger partial charge in [-0.1, -0.05) is 35.3 Å². The maximum Gasteiger partial charge on any atom is 0.266 e. The minimum atomic E-state index is -3.96. The highest BCUT2D eigenvalue weighted by molar-refractivity contribution is 7.93. The summed E-state index contributed by atoms with van der Waals surface area (Å²) in [4.78, 5) is -0.0657. The summed E-state index contributed by atoms with van der Waals surface area (Å²) in [7, 11) is -2.48. The second kappa shape index (κ2) is 8.76. The Labute approximate surface area is 158 Å². The zero-order valence-electron chi connectivity index (χ0n) is 13.9. The summed E-state index contributed by atoms with van der Waals surface area (Å²) in [5, 5.41) is 0.383. The van der Waals surface area contributed by atoms with Crippen LogP contribution in [0.5, 0.6) is 5.75 Å². The van der Waals surface area contributed by atoms with Crippen LogP contribution in [0.2, 0.25) is 10.0 Å². The summed E-state index contributed by atoms with van der Waals surface area (Å²) in [6.45, 7) is 2.67. The molecule has 8 heteroatoms. The number of rotatable bonds is 8. The van der Waals surface area contributed by atoms with E-state index in [-0.39, 0.29) is 28.1 Å². The molecule has 0 N–H and O–H groups in total. The van der Waals surface area contributed by atoms with Crippen LogP contribution in [0.15, 0.2) is 47.4 Å². The molecule has 0 radical (unpaired) electrons. The van der Waals surface area contributed by atoms with Crippen molar-refractivity contribution in [3.05, 3.63) is 52.5 Å². The van der Waals surface area contributed by atoms with Crippen LogP contribution in [0.3, 0.4) is 0 Å². The summed E-state index contributed by atoms with van der Waals surface area (Å²) in [6.07, 6.45) is 0. The highest BCUT2D eigenvalue weighted by Gasteiger charge is 2.29. The molecule has 0 unspecified atom stereocenters. The number of halogens is 2. The highest BCUT2D eigenvalue weighted by Crippen LogP contribution is 2.35. The van der Waals surface area contributed by atoms with Gasteiger partial charge in [0.2, 0.25) is 0 Å². The van der Waals surface area contributed by atoms with Gasteiger partial charge in [0.1, 0.15) is 10.6 Å². The molecule has 0 amide bonds. The lowest BCUT2D eigenvalue weighted by molar-refractivity contribution is 0.156. The van der Waals surface area contributed by atoms with Gasteiger partial charge in [-0.25, -0.2) is 8.42 Å². The van der Waals surface area contributed by atoms with E-state index in [1.54, 1.807) is 24.3 Å². The first-order valence-electron chi connectivity index (χ1n) is 7.60. The number of sulfonamides is 1. The fourth-order valence-electron chi connectivity index (χ4n) is 2.29. The molecule has 0 saturated carbocycles. The summed E-state index contributed by atoms with van der Waals surface area (Å²) >= 11 is 12.1. The topological polar surface area (TPSA) is 55.8 Å². The van der Waals surface area contributed by atoms with Crippen LogP contribution < -0.4 is 9.04 Å². The van der Waals surface area contributed by atoms with Crippen LogP contribution >= 0.6 is 23.2 Å². The van der Waals surface area contributed by atoms with E-state index in [0.29, 0.717) is 18.0 Å². The van der Waals surface area contributed by atoms with Gasteiger partial charge in [0, 0.05) is 11.6 Å². The van der Waals surface area contributed by atoms with Crippen LogP contribution in [0.1, 0.15) is 6.92 Å². The molecule has 2 aromatic carbocycles. The van der Waals surface area contributed by atoms with Crippen molar-refractivity contribution in [1.29, 1.82) is 0 Å². The number of benzene rings is 2. The zero-order valence-corrected chi connectivity index (χ0v) is 16.2. The Hall–Kier alpha value is -1.47. The van der Waals surface area contributed by atoms with Gasteiger partial charge in [-0.2, -0.15) is 0 Å². The maximum absolute atomic E-state index is 13.2. The SMILES string of the molecule is CCOCCN(c1ccccc1OC)S(=O)(=O)c1cc(Cl)ccc1Cl. The molecule has 0 aromatic heterocycles. The van der Waals surface area contributed by atoms with Crippen LogP contribution in [0, 0.1) is 0 Å². The molecule has 0 saturated heterocycles. The quantitative estimate of drug-likeness (QED) is 0.618. The molecule has 0 heterocycles. The van der Waals surface area contributed by atoms with Crippen molar-refractivity contribution < 1.29 is 17.9 Å². The van der Waals surface area contributed by atoms with Gasteiger partial charge in [0.15, 0.2) is 0 Å². The molecule has 5 nitrogen and oxygen atoms in total. The predicted molar refractivity (Wildman–Crippen MR) is 100 cm³/mol. The molecule has 0 aliphatic rings. The van der Waals surface area contributed by atoms with Gasteiger partial charge >= 0.3 is 0 Å². The van der Waals surface area contributed by atoms with Gasteiger partial charge < -0.3 is 9.47 Å². The van der Waals surface area contributed by atoms with E-state index < -0.39 is 10.0 Å². The van der Waals surface area contributed by atoms with Gasteiger partial charge in [-0.3, -0.25) is 4.31 Å². The summed E-state index contributed by atoms with van der Waals surface area (Å²) in [5.41, 5.74) is 0.403. The Kier molecular flexibility index (Phi) is 6.95. The zero-order chi connectivity index (χ0) is 18.4. The first-order valence-corrected chi connectivity index (χ1v) is 9.80. The lowest BCUT2D eigenvalue weighted by Crippen LogP contribution is -2.34. The Bertz CT molecular complexity index is 827. The molecule has 0 bridgehead atoms.